The number of halogens is 1. The van der Waals surface area contributed by atoms with E-state index in [0.29, 0.717) is 29.2 Å². The summed E-state index contributed by atoms with van der Waals surface area (Å²) < 4.78 is 2.15. The lowest BCUT2D eigenvalue weighted by Gasteiger charge is -2.08. The molecular formula is C23H25ClN4OS. The average Bonchev–Trinajstić information content (AvgIpc) is 3.44. The highest BCUT2D eigenvalue weighted by Crippen LogP contribution is 2.54. The second kappa shape index (κ2) is 9.23. The molecule has 0 bridgehead atoms. The predicted molar refractivity (Wildman–Crippen MR) is 121 cm³/mol. The standard InChI is InChI=1S/C23H25ClN4OS/c1-3-28-22(20-12-19(20)17-8-4-15(2)5-9-17)26-27-23(28)30-14-21(29)25-13-16-6-10-18(24)11-7-16/h4-11,19-20H,3,12-14H2,1-2H3,(H,25,29)/t19-,20-/m1/s1. The van der Waals surface area contributed by atoms with Crippen molar-refractivity contribution in [2.45, 2.75) is 50.4 Å². The van der Waals surface area contributed by atoms with E-state index in [-0.39, 0.29) is 5.91 Å². The average molecular weight is 441 g/mol. The number of carbonyl (C=O) groups excluding carboxylic acids is 1. The predicted octanol–water partition coefficient (Wildman–Crippen LogP) is 4.94. The van der Waals surface area contributed by atoms with Gasteiger partial charge in [0.25, 0.3) is 0 Å². The molecule has 4 rings (SSSR count). The summed E-state index contributed by atoms with van der Waals surface area (Å²) in [5, 5.41) is 13.3. The van der Waals surface area contributed by atoms with Crippen LogP contribution in [0.15, 0.2) is 53.7 Å². The van der Waals surface area contributed by atoms with Crippen molar-refractivity contribution in [2.75, 3.05) is 5.75 Å². The van der Waals surface area contributed by atoms with Gasteiger partial charge in [-0.2, -0.15) is 0 Å². The summed E-state index contributed by atoms with van der Waals surface area (Å²) in [7, 11) is 0. The van der Waals surface area contributed by atoms with Crippen LogP contribution in [-0.4, -0.2) is 26.4 Å². The van der Waals surface area contributed by atoms with Crippen LogP contribution in [0.5, 0.6) is 0 Å². The summed E-state index contributed by atoms with van der Waals surface area (Å²) in [6, 6.07) is 16.2. The molecule has 0 spiro atoms. The summed E-state index contributed by atoms with van der Waals surface area (Å²) in [5.74, 6) is 2.25. The van der Waals surface area contributed by atoms with Crippen LogP contribution >= 0.6 is 23.4 Å². The molecule has 7 heteroatoms. The number of hydrogen-bond donors (Lipinski definition) is 1. The molecule has 0 aliphatic heterocycles. The first-order valence-electron chi connectivity index (χ1n) is 10.2. The van der Waals surface area contributed by atoms with E-state index in [4.69, 9.17) is 11.6 Å². The van der Waals surface area contributed by atoms with Gasteiger partial charge < -0.3 is 9.88 Å². The molecule has 1 amide bonds. The molecule has 5 nitrogen and oxygen atoms in total. The fraction of sp³-hybridized carbons (Fsp3) is 0.348. The molecule has 1 heterocycles. The molecule has 1 aliphatic rings. The second-order valence-corrected chi connectivity index (χ2v) is 9.02. The normalized spacial score (nSPS) is 17.7. The Bertz CT molecular complexity index is 1020. The number of thioether (sulfide) groups is 1. The van der Waals surface area contributed by atoms with Gasteiger partial charge in [0, 0.05) is 24.0 Å². The highest BCUT2D eigenvalue weighted by molar-refractivity contribution is 7.99. The van der Waals surface area contributed by atoms with Crippen LogP contribution in [0.3, 0.4) is 0 Å². The molecule has 1 aromatic heterocycles. The van der Waals surface area contributed by atoms with E-state index in [1.54, 1.807) is 0 Å². The number of aromatic nitrogens is 3. The van der Waals surface area contributed by atoms with Crippen LogP contribution in [0.25, 0.3) is 0 Å². The third-order valence-electron chi connectivity index (χ3n) is 5.42. The quantitative estimate of drug-likeness (QED) is 0.504. The van der Waals surface area contributed by atoms with E-state index in [2.05, 4.69) is 58.2 Å². The SMILES string of the molecule is CCn1c(SCC(=O)NCc2ccc(Cl)cc2)nnc1[C@@H]1C[C@@H]1c1ccc(C)cc1. The number of nitrogens with zero attached hydrogens (tertiary/aromatic N) is 3. The largest absolute Gasteiger partial charge is 0.351 e. The van der Waals surface area contributed by atoms with E-state index in [9.17, 15) is 4.79 Å². The Labute approximate surface area is 186 Å². The minimum atomic E-state index is -0.0221. The van der Waals surface area contributed by atoms with E-state index in [1.807, 2.05) is 24.3 Å². The summed E-state index contributed by atoms with van der Waals surface area (Å²) in [4.78, 5) is 12.3. The third kappa shape index (κ3) is 4.87. The van der Waals surface area contributed by atoms with E-state index >= 15 is 0 Å². The number of nitrogens with one attached hydrogen (secondary N) is 1. The van der Waals surface area contributed by atoms with Crippen LogP contribution in [-0.2, 0) is 17.9 Å². The lowest BCUT2D eigenvalue weighted by Crippen LogP contribution is -2.24. The third-order valence-corrected chi connectivity index (χ3v) is 6.64. The van der Waals surface area contributed by atoms with Crippen molar-refractivity contribution in [3.05, 3.63) is 76.1 Å². The number of rotatable bonds is 8. The molecule has 156 valence electrons. The summed E-state index contributed by atoms with van der Waals surface area (Å²) in [6.07, 6.45) is 1.10. The number of amides is 1. The van der Waals surface area contributed by atoms with Gasteiger partial charge in [0.15, 0.2) is 5.16 Å². The molecule has 30 heavy (non-hydrogen) atoms. The molecule has 3 aromatic rings. The Morgan fingerprint density at radius 3 is 2.57 bits per heavy atom. The maximum absolute atomic E-state index is 12.3. The van der Waals surface area contributed by atoms with Gasteiger partial charge in [-0.15, -0.1) is 10.2 Å². The molecule has 1 N–H and O–H groups in total. The zero-order valence-electron chi connectivity index (χ0n) is 17.1. The van der Waals surface area contributed by atoms with Crippen LogP contribution in [0.2, 0.25) is 5.02 Å². The zero-order chi connectivity index (χ0) is 21.1. The second-order valence-electron chi connectivity index (χ2n) is 7.64. The van der Waals surface area contributed by atoms with Crippen molar-refractivity contribution in [3.8, 4) is 0 Å². The minimum absolute atomic E-state index is 0.0221. The van der Waals surface area contributed by atoms with Crippen molar-refractivity contribution >= 4 is 29.3 Å². The summed E-state index contributed by atoms with van der Waals surface area (Å²) >= 11 is 7.33. The van der Waals surface area contributed by atoms with Crippen molar-refractivity contribution in [1.29, 1.82) is 0 Å². The fourth-order valence-corrected chi connectivity index (χ4v) is 4.59. The van der Waals surface area contributed by atoms with Gasteiger partial charge in [0.1, 0.15) is 5.82 Å². The van der Waals surface area contributed by atoms with Gasteiger partial charge in [-0.3, -0.25) is 4.79 Å². The Morgan fingerprint density at radius 2 is 1.87 bits per heavy atom. The monoisotopic (exact) mass is 440 g/mol. The Morgan fingerprint density at radius 1 is 1.13 bits per heavy atom. The van der Waals surface area contributed by atoms with Crippen LogP contribution < -0.4 is 5.32 Å². The molecule has 2 aromatic carbocycles. The van der Waals surface area contributed by atoms with Crippen molar-refractivity contribution in [3.63, 3.8) is 0 Å². The maximum Gasteiger partial charge on any atom is 0.230 e. The van der Waals surface area contributed by atoms with Crippen LogP contribution in [0.4, 0.5) is 0 Å². The molecule has 0 radical (unpaired) electrons. The summed E-state index contributed by atoms with van der Waals surface area (Å²) in [5.41, 5.74) is 3.67. The smallest absolute Gasteiger partial charge is 0.230 e. The maximum atomic E-state index is 12.3. The van der Waals surface area contributed by atoms with Crippen LogP contribution in [0, 0.1) is 6.92 Å². The molecule has 2 atom stereocenters. The van der Waals surface area contributed by atoms with Gasteiger partial charge >= 0.3 is 0 Å². The zero-order valence-corrected chi connectivity index (χ0v) is 18.7. The molecule has 0 unspecified atom stereocenters. The molecule has 1 fully saturated rings. The summed E-state index contributed by atoms with van der Waals surface area (Å²) in [6.45, 7) is 5.49. The van der Waals surface area contributed by atoms with E-state index < -0.39 is 0 Å². The topological polar surface area (TPSA) is 59.8 Å². The lowest BCUT2D eigenvalue weighted by atomic mass is 10.1. The lowest BCUT2D eigenvalue weighted by molar-refractivity contribution is -0.118. The Hall–Kier alpha value is -2.31. The van der Waals surface area contributed by atoms with E-state index in [1.165, 1.54) is 22.9 Å². The highest BCUT2D eigenvalue weighted by Gasteiger charge is 2.43. The highest BCUT2D eigenvalue weighted by atomic mass is 35.5. The minimum Gasteiger partial charge on any atom is -0.351 e. The Balaban J connectivity index is 1.33. The first-order valence-corrected chi connectivity index (χ1v) is 11.5. The van der Waals surface area contributed by atoms with Gasteiger partial charge in [-0.25, -0.2) is 0 Å². The van der Waals surface area contributed by atoms with Gasteiger partial charge in [-0.1, -0.05) is 65.3 Å². The van der Waals surface area contributed by atoms with Crippen LogP contribution in [0.1, 0.15) is 47.7 Å². The molecule has 1 saturated carbocycles. The Kier molecular flexibility index (Phi) is 6.44. The number of aryl methyl sites for hydroxylation is 1. The fourth-order valence-electron chi connectivity index (χ4n) is 3.62. The van der Waals surface area contributed by atoms with Crippen molar-refractivity contribution in [1.82, 2.24) is 20.1 Å². The van der Waals surface area contributed by atoms with Gasteiger partial charge in [0.2, 0.25) is 5.91 Å². The molecule has 0 saturated heterocycles. The van der Waals surface area contributed by atoms with Crippen molar-refractivity contribution < 1.29 is 4.79 Å². The molecular weight excluding hydrogens is 416 g/mol. The van der Waals surface area contributed by atoms with Gasteiger partial charge in [0.05, 0.1) is 5.75 Å². The number of carbonyl (C=O) groups is 1. The first-order chi connectivity index (χ1) is 14.5. The molecule has 1 aliphatic carbocycles. The van der Waals surface area contributed by atoms with Crippen molar-refractivity contribution in [2.24, 2.45) is 0 Å². The van der Waals surface area contributed by atoms with Gasteiger partial charge in [-0.05, 0) is 49.4 Å². The number of hydrogen-bond acceptors (Lipinski definition) is 4. The number of benzene rings is 2. The first kappa shape index (κ1) is 20.9. The van der Waals surface area contributed by atoms with E-state index in [0.717, 1.165) is 29.5 Å².